The SMILES string of the molecule is O=C(c1cncc(Br)c1)N1CCN(C(=O)C2CC2c2ccccc2)CC1. The van der Waals surface area contributed by atoms with Crippen LogP contribution in [0.2, 0.25) is 0 Å². The standard InChI is InChI=1S/C20H20BrN3O2/c21-16-10-15(12-22-13-16)19(25)23-6-8-24(9-7-23)20(26)18-11-17(18)14-4-2-1-3-5-14/h1-5,10,12-13,17-18H,6-9,11H2. The molecule has 26 heavy (non-hydrogen) atoms. The summed E-state index contributed by atoms with van der Waals surface area (Å²) in [6.45, 7) is 2.34. The molecule has 134 valence electrons. The van der Waals surface area contributed by atoms with Gasteiger partial charge < -0.3 is 9.80 Å². The van der Waals surface area contributed by atoms with Gasteiger partial charge >= 0.3 is 0 Å². The van der Waals surface area contributed by atoms with Crippen LogP contribution in [0.5, 0.6) is 0 Å². The van der Waals surface area contributed by atoms with Crippen LogP contribution >= 0.6 is 15.9 Å². The van der Waals surface area contributed by atoms with Gasteiger partial charge in [-0.25, -0.2) is 0 Å². The molecular formula is C20H20BrN3O2. The third-order valence-corrected chi connectivity index (χ3v) is 5.60. The predicted molar refractivity (Wildman–Crippen MR) is 102 cm³/mol. The van der Waals surface area contributed by atoms with Gasteiger partial charge in [0.05, 0.1) is 5.56 Å². The molecule has 1 saturated carbocycles. The number of hydrogen-bond acceptors (Lipinski definition) is 3. The van der Waals surface area contributed by atoms with Crippen LogP contribution < -0.4 is 0 Å². The van der Waals surface area contributed by atoms with Crippen LogP contribution in [0.15, 0.2) is 53.3 Å². The topological polar surface area (TPSA) is 53.5 Å². The van der Waals surface area contributed by atoms with Crippen molar-refractivity contribution < 1.29 is 9.59 Å². The number of aromatic nitrogens is 1. The number of benzene rings is 1. The van der Waals surface area contributed by atoms with E-state index >= 15 is 0 Å². The minimum Gasteiger partial charge on any atom is -0.339 e. The molecule has 0 N–H and O–H groups in total. The summed E-state index contributed by atoms with van der Waals surface area (Å²) in [7, 11) is 0. The Kier molecular flexibility index (Phi) is 4.76. The van der Waals surface area contributed by atoms with Gasteiger partial charge in [0.1, 0.15) is 0 Å². The minimum atomic E-state index is -0.0283. The van der Waals surface area contributed by atoms with Crippen LogP contribution in [-0.4, -0.2) is 52.8 Å². The number of carbonyl (C=O) groups excluding carboxylic acids is 2. The summed E-state index contributed by atoms with van der Waals surface area (Å²) >= 11 is 3.34. The highest BCUT2D eigenvalue weighted by molar-refractivity contribution is 9.10. The molecule has 2 aliphatic rings. The van der Waals surface area contributed by atoms with E-state index in [1.54, 1.807) is 23.4 Å². The van der Waals surface area contributed by atoms with Gasteiger partial charge in [-0.3, -0.25) is 14.6 Å². The van der Waals surface area contributed by atoms with Gasteiger partial charge in [0.25, 0.3) is 5.91 Å². The van der Waals surface area contributed by atoms with Crippen molar-refractivity contribution in [3.63, 3.8) is 0 Å². The number of rotatable bonds is 3. The first-order chi connectivity index (χ1) is 12.6. The van der Waals surface area contributed by atoms with E-state index in [9.17, 15) is 9.59 Å². The van der Waals surface area contributed by atoms with Crippen molar-refractivity contribution in [1.82, 2.24) is 14.8 Å². The number of piperazine rings is 1. The molecule has 2 unspecified atom stereocenters. The third kappa shape index (κ3) is 3.51. The summed E-state index contributed by atoms with van der Waals surface area (Å²) in [5.74, 6) is 0.666. The highest BCUT2D eigenvalue weighted by Crippen LogP contribution is 2.48. The molecule has 0 spiro atoms. The molecule has 2 aromatic rings. The Morgan fingerprint density at radius 1 is 1.00 bits per heavy atom. The summed E-state index contributed by atoms with van der Waals surface area (Å²) in [5, 5.41) is 0. The quantitative estimate of drug-likeness (QED) is 0.776. The van der Waals surface area contributed by atoms with Gasteiger partial charge in [0.15, 0.2) is 0 Å². The van der Waals surface area contributed by atoms with E-state index in [2.05, 4.69) is 33.0 Å². The number of pyridine rings is 1. The first kappa shape index (κ1) is 17.2. The van der Waals surface area contributed by atoms with E-state index in [0.29, 0.717) is 37.7 Å². The van der Waals surface area contributed by atoms with Gasteiger partial charge in [-0.05, 0) is 39.9 Å². The van der Waals surface area contributed by atoms with Crippen molar-refractivity contribution in [2.75, 3.05) is 26.2 Å². The number of carbonyl (C=O) groups is 2. The van der Waals surface area contributed by atoms with Gasteiger partial charge in [-0.1, -0.05) is 30.3 Å². The molecule has 6 heteroatoms. The maximum absolute atomic E-state index is 12.7. The van der Waals surface area contributed by atoms with E-state index in [0.717, 1.165) is 10.9 Å². The molecule has 2 heterocycles. The Morgan fingerprint density at radius 3 is 2.38 bits per heavy atom. The Labute approximate surface area is 161 Å². The molecule has 2 amide bonds. The van der Waals surface area contributed by atoms with Gasteiger partial charge in [0.2, 0.25) is 5.91 Å². The Hall–Kier alpha value is -2.21. The van der Waals surface area contributed by atoms with E-state index < -0.39 is 0 Å². The van der Waals surface area contributed by atoms with E-state index in [-0.39, 0.29) is 17.7 Å². The smallest absolute Gasteiger partial charge is 0.255 e. The summed E-state index contributed by atoms with van der Waals surface area (Å²) in [6, 6.07) is 12.0. The second-order valence-electron chi connectivity index (χ2n) is 6.87. The molecule has 1 aromatic carbocycles. The van der Waals surface area contributed by atoms with Crippen LogP contribution in [0.1, 0.15) is 28.3 Å². The van der Waals surface area contributed by atoms with Gasteiger partial charge in [-0.15, -0.1) is 0 Å². The zero-order valence-electron chi connectivity index (χ0n) is 14.3. The summed E-state index contributed by atoms with van der Waals surface area (Å²) in [5.41, 5.74) is 1.83. The zero-order chi connectivity index (χ0) is 18.1. The van der Waals surface area contributed by atoms with E-state index in [1.165, 1.54) is 5.56 Å². The van der Waals surface area contributed by atoms with E-state index in [1.807, 2.05) is 23.1 Å². The fraction of sp³-hybridized carbons (Fsp3) is 0.350. The Bertz CT molecular complexity index is 819. The largest absolute Gasteiger partial charge is 0.339 e. The average Bonchev–Trinajstić information content (AvgIpc) is 3.48. The summed E-state index contributed by atoms with van der Waals surface area (Å²) < 4.78 is 0.790. The monoisotopic (exact) mass is 413 g/mol. The van der Waals surface area contributed by atoms with Crippen LogP contribution in [0.4, 0.5) is 0 Å². The molecule has 2 fully saturated rings. The zero-order valence-corrected chi connectivity index (χ0v) is 15.9. The second-order valence-corrected chi connectivity index (χ2v) is 7.78. The molecule has 1 aliphatic heterocycles. The molecule has 1 aromatic heterocycles. The van der Waals surface area contributed by atoms with Gasteiger partial charge in [-0.2, -0.15) is 0 Å². The summed E-state index contributed by atoms with van der Waals surface area (Å²) in [4.78, 5) is 33.1. The highest BCUT2D eigenvalue weighted by atomic mass is 79.9. The number of nitrogens with zero attached hydrogens (tertiary/aromatic N) is 3. The van der Waals surface area contributed by atoms with E-state index in [4.69, 9.17) is 0 Å². The third-order valence-electron chi connectivity index (χ3n) is 5.17. The van der Waals surface area contributed by atoms with Gasteiger partial charge in [0, 0.05) is 49.0 Å². The minimum absolute atomic E-state index is 0.0283. The second kappa shape index (κ2) is 7.19. The lowest BCUT2D eigenvalue weighted by atomic mass is 10.1. The molecule has 1 aliphatic carbocycles. The van der Waals surface area contributed by atoms with Crippen molar-refractivity contribution in [2.45, 2.75) is 12.3 Å². The molecule has 4 rings (SSSR count). The van der Waals surface area contributed by atoms with Crippen molar-refractivity contribution in [1.29, 1.82) is 0 Å². The van der Waals surface area contributed by atoms with Crippen molar-refractivity contribution in [3.05, 3.63) is 64.4 Å². The number of halogens is 1. The first-order valence-electron chi connectivity index (χ1n) is 8.87. The number of amides is 2. The molecule has 0 radical (unpaired) electrons. The van der Waals surface area contributed by atoms with Crippen molar-refractivity contribution >= 4 is 27.7 Å². The predicted octanol–water partition coefficient (Wildman–Crippen LogP) is 2.93. The maximum atomic E-state index is 12.7. The maximum Gasteiger partial charge on any atom is 0.255 e. The Morgan fingerprint density at radius 2 is 1.69 bits per heavy atom. The lowest BCUT2D eigenvalue weighted by molar-refractivity contribution is -0.134. The van der Waals surface area contributed by atoms with Crippen LogP contribution in [0.3, 0.4) is 0 Å². The molecule has 0 bridgehead atoms. The fourth-order valence-corrected chi connectivity index (χ4v) is 3.98. The van der Waals surface area contributed by atoms with Crippen LogP contribution in [0.25, 0.3) is 0 Å². The molecular weight excluding hydrogens is 394 g/mol. The van der Waals surface area contributed by atoms with Crippen LogP contribution in [-0.2, 0) is 4.79 Å². The Balaban J connectivity index is 1.33. The lowest BCUT2D eigenvalue weighted by Crippen LogP contribution is -2.51. The summed E-state index contributed by atoms with van der Waals surface area (Å²) in [6.07, 6.45) is 4.18. The van der Waals surface area contributed by atoms with Crippen LogP contribution in [0, 0.1) is 5.92 Å². The molecule has 5 nitrogen and oxygen atoms in total. The normalized spacial score (nSPS) is 22.2. The average molecular weight is 414 g/mol. The first-order valence-corrected chi connectivity index (χ1v) is 9.66. The molecule has 1 saturated heterocycles. The fourth-order valence-electron chi connectivity index (χ4n) is 3.61. The molecule has 2 atom stereocenters. The van der Waals surface area contributed by atoms with Crippen molar-refractivity contribution in [3.8, 4) is 0 Å². The van der Waals surface area contributed by atoms with Crippen molar-refractivity contribution in [2.24, 2.45) is 5.92 Å². The highest BCUT2D eigenvalue weighted by Gasteiger charge is 2.46. The number of hydrogen-bond donors (Lipinski definition) is 0. The lowest BCUT2D eigenvalue weighted by Gasteiger charge is -2.35.